The lowest BCUT2D eigenvalue weighted by Crippen LogP contribution is -2.05. The predicted octanol–water partition coefficient (Wildman–Crippen LogP) is 15.5. The molecule has 0 spiro atoms. The molecule has 0 aliphatic rings. The topological polar surface area (TPSA) is 96.8 Å². The minimum atomic E-state index is -0.429. The molecule has 2 heterocycles. The molecule has 0 N–H and O–H groups in total. The molecule has 0 radical (unpaired) electrons. The molecular weight excluding hydrogens is 941 g/mol. The minimum Gasteiger partial charge on any atom is -0.492 e. The molecular formula is C68H80N2O6. The minimum absolute atomic E-state index is 0.255. The molecule has 5 aromatic rings. The number of ether oxygens (including phenoxy) is 4. The second-order valence-electron chi connectivity index (χ2n) is 20.0. The summed E-state index contributed by atoms with van der Waals surface area (Å²) in [6.07, 6.45) is 28.4. The van der Waals surface area contributed by atoms with Gasteiger partial charge in [-0.05, 0) is 99.2 Å². The Balaban J connectivity index is 1.52. The van der Waals surface area contributed by atoms with Crippen LogP contribution in [0.5, 0.6) is 11.5 Å². The van der Waals surface area contributed by atoms with Crippen molar-refractivity contribution < 1.29 is 28.5 Å². The summed E-state index contributed by atoms with van der Waals surface area (Å²) in [6.45, 7) is 14.3. The number of carbonyl (C=O) groups is 2. The van der Waals surface area contributed by atoms with Crippen LogP contribution in [0.25, 0.3) is 0 Å². The fourth-order valence-electron chi connectivity index (χ4n) is 8.41. The third kappa shape index (κ3) is 22.7. The Hall–Kier alpha value is -7.26. The quantitative estimate of drug-likeness (QED) is 0.0278. The molecule has 0 atom stereocenters. The lowest BCUT2D eigenvalue weighted by atomic mass is 10.0. The number of aromatic nitrogens is 2. The van der Waals surface area contributed by atoms with Gasteiger partial charge in [0.2, 0.25) is 0 Å². The van der Waals surface area contributed by atoms with Gasteiger partial charge in [-0.1, -0.05) is 178 Å². The number of rotatable bonds is 28. The Morgan fingerprint density at radius 3 is 1.13 bits per heavy atom. The number of carbonyl (C=O) groups excluding carboxylic acids is 2. The molecule has 0 unspecified atom stereocenters. The van der Waals surface area contributed by atoms with E-state index in [0.29, 0.717) is 69.2 Å². The van der Waals surface area contributed by atoms with Crippen LogP contribution in [0.2, 0.25) is 0 Å². The van der Waals surface area contributed by atoms with Gasteiger partial charge in [0.15, 0.2) is 0 Å². The van der Waals surface area contributed by atoms with Gasteiger partial charge in [0.05, 0.1) is 48.7 Å². The van der Waals surface area contributed by atoms with Crippen molar-refractivity contribution in [2.45, 2.75) is 157 Å². The van der Waals surface area contributed by atoms with Crippen LogP contribution in [0, 0.1) is 59.2 Å². The number of hydrogen-bond donors (Lipinski definition) is 0. The highest BCUT2D eigenvalue weighted by Gasteiger charge is 2.14. The van der Waals surface area contributed by atoms with E-state index in [2.05, 4.69) is 85.0 Å². The highest BCUT2D eigenvalue weighted by atomic mass is 16.5. The Morgan fingerprint density at radius 1 is 0.421 bits per heavy atom. The number of esters is 2. The predicted molar refractivity (Wildman–Crippen MR) is 307 cm³/mol. The SMILES string of the molecule is CCOC(=O)c1ccc(C#Cc2cc(OCCCCCCCCCCC(C)C)c(C#Cc3ccc(C(=O)OCC)cc3C#Cc3cccnc3)cc2OCCCCCCCCCCC(C)C)c(C#Cc2cccnc2)c1. The van der Waals surface area contributed by atoms with Crippen molar-refractivity contribution in [3.8, 4) is 58.9 Å². The van der Waals surface area contributed by atoms with Crippen molar-refractivity contribution in [2.75, 3.05) is 26.4 Å². The first kappa shape index (κ1) is 59.6. The molecule has 8 nitrogen and oxygen atoms in total. The van der Waals surface area contributed by atoms with E-state index in [0.717, 1.165) is 61.5 Å². The first-order valence-corrected chi connectivity index (χ1v) is 28.1. The van der Waals surface area contributed by atoms with E-state index < -0.39 is 11.9 Å². The highest BCUT2D eigenvalue weighted by Crippen LogP contribution is 2.30. The molecule has 76 heavy (non-hydrogen) atoms. The molecule has 0 amide bonds. The lowest BCUT2D eigenvalue weighted by molar-refractivity contribution is 0.0516. The van der Waals surface area contributed by atoms with Crippen molar-refractivity contribution >= 4 is 11.9 Å². The molecule has 0 saturated carbocycles. The smallest absolute Gasteiger partial charge is 0.338 e. The Morgan fingerprint density at radius 2 is 0.776 bits per heavy atom. The van der Waals surface area contributed by atoms with Crippen molar-refractivity contribution in [3.05, 3.63) is 153 Å². The van der Waals surface area contributed by atoms with Crippen LogP contribution in [0.3, 0.4) is 0 Å². The average Bonchev–Trinajstić information content (AvgIpc) is 3.42. The highest BCUT2D eigenvalue weighted by molar-refractivity contribution is 5.91. The number of hydrogen-bond acceptors (Lipinski definition) is 8. The summed E-state index contributed by atoms with van der Waals surface area (Å²) in [6, 6.07) is 21.8. The van der Waals surface area contributed by atoms with E-state index in [9.17, 15) is 9.59 Å². The standard InChI is InChI=1S/C68H80N2O6/c1-7-73-67(71)63-41-37-57(59(47-63)33-31-55-29-25-43-69-51-55)35-39-61-49-66(76-46-24-20-16-12-10-14-18-22-28-54(5)6)62(50-65(61)75-45-23-19-15-11-9-13-17-21-27-53(3)4)40-36-58-38-42-64(68(72)74-8-2)48-60(58)34-32-56-30-26-44-70-52-56/h25-26,29-30,37-38,41-44,47-54H,7-24,27-28,45-46H2,1-6H3. The van der Waals surface area contributed by atoms with E-state index in [1.54, 1.807) is 62.9 Å². The van der Waals surface area contributed by atoms with Crippen molar-refractivity contribution in [3.63, 3.8) is 0 Å². The number of benzene rings is 3. The first-order valence-electron chi connectivity index (χ1n) is 28.1. The monoisotopic (exact) mass is 1020 g/mol. The van der Waals surface area contributed by atoms with Crippen molar-refractivity contribution in [1.29, 1.82) is 0 Å². The van der Waals surface area contributed by atoms with Crippen LogP contribution in [-0.4, -0.2) is 48.3 Å². The van der Waals surface area contributed by atoms with E-state index >= 15 is 0 Å². The van der Waals surface area contributed by atoms with Crippen LogP contribution < -0.4 is 9.47 Å². The molecule has 0 aliphatic carbocycles. The number of nitrogens with zero attached hydrogens (tertiary/aromatic N) is 2. The third-order valence-corrected chi connectivity index (χ3v) is 12.7. The maximum absolute atomic E-state index is 12.9. The summed E-state index contributed by atoms with van der Waals surface area (Å²) in [5.74, 6) is 28.3. The normalized spacial score (nSPS) is 10.5. The van der Waals surface area contributed by atoms with E-state index in [1.807, 2.05) is 48.5 Å². The largest absolute Gasteiger partial charge is 0.492 e. The Bertz CT molecular complexity index is 2630. The molecule has 0 saturated heterocycles. The zero-order chi connectivity index (χ0) is 54.0. The van der Waals surface area contributed by atoms with Gasteiger partial charge in [-0.2, -0.15) is 0 Å². The van der Waals surface area contributed by atoms with Gasteiger partial charge in [0.1, 0.15) is 11.5 Å². The van der Waals surface area contributed by atoms with Crippen LogP contribution in [0.4, 0.5) is 0 Å². The summed E-state index contributed by atoms with van der Waals surface area (Å²) in [4.78, 5) is 34.2. The van der Waals surface area contributed by atoms with Gasteiger partial charge in [-0.3, -0.25) is 9.97 Å². The number of unbranched alkanes of at least 4 members (excludes halogenated alkanes) is 14. The van der Waals surface area contributed by atoms with E-state index in [4.69, 9.17) is 18.9 Å². The van der Waals surface area contributed by atoms with E-state index in [-0.39, 0.29) is 13.2 Å². The van der Waals surface area contributed by atoms with E-state index in [1.165, 1.54) is 77.0 Å². The summed E-state index contributed by atoms with van der Waals surface area (Å²) >= 11 is 0. The van der Waals surface area contributed by atoms with Crippen LogP contribution >= 0.6 is 0 Å². The Kier molecular flexibility index (Phi) is 27.5. The third-order valence-electron chi connectivity index (χ3n) is 12.7. The summed E-state index contributed by atoms with van der Waals surface area (Å²) in [7, 11) is 0. The van der Waals surface area contributed by atoms with Crippen LogP contribution in [-0.2, 0) is 9.47 Å². The average molecular weight is 1020 g/mol. The zero-order valence-corrected chi connectivity index (χ0v) is 46.3. The molecule has 0 aliphatic heterocycles. The van der Waals surface area contributed by atoms with Crippen molar-refractivity contribution in [2.24, 2.45) is 11.8 Å². The molecule has 3 aromatic carbocycles. The second-order valence-corrected chi connectivity index (χ2v) is 20.0. The summed E-state index contributed by atoms with van der Waals surface area (Å²) in [5.41, 5.74) is 5.96. The Labute approximate surface area is 455 Å². The van der Waals surface area contributed by atoms with Crippen LogP contribution in [0.1, 0.15) is 222 Å². The molecule has 8 heteroatoms. The van der Waals surface area contributed by atoms with Gasteiger partial charge in [-0.25, -0.2) is 9.59 Å². The van der Waals surface area contributed by atoms with Gasteiger partial charge >= 0.3 is 11.9 Å². The first-order chi connectivity index (χ1) is 37.1. The fraction of sp³-hybridized carbons (Fsp3) is 0.441. The molecule has 398 valence electrons. The molecule has 5 rings (SSSR count). The lowest BCUT2D eigenvalue weighted by Gasteiger charge is -2.14. The van der Waals surface area contributed by atoms with Gasteiger partial charge in [0.25, 0.3) is 0 Å². The van der Waals surface area contributed by atoms with Gasteiger partial charge < -0.3 is 18.9 Å². The second kappa shape index (κ2) is 35.1. The van der Waals surface area contributed by atoms with Crippen LogP contribution in [0.15, 0.2) is 97.6 Å². The molecule has 0 bridgehead atoms. The molecule has 0 fully saturated rings. The fourth-order valence-corrected chi connectivity index (χ4v) is 8.41. The molecule has 2 aromatic heterocycles. The van der Waals surface area contributed by atoms with Gasteiger partial charge in [-0.15, -0.1) is 0 Å². The maximum Gasteiger partial charge on any atom is 0.338 e. The summed E-state index contributed by atoms with van der Waals surface area (Å²) < 4.78 is 24.0. The summed E-state index contributed by atoms with van der Waals surface area (Å²) in [5, 5.41) is 0. The maximum atomic E-state index is 12.9. The number of pyridine rings is 2. The van der Waals surface area contributed by atoms with Gasteiger partial charge in [0, 0.05) is 70.3 Å². The zero-order valence-electron chi connectivity index (χ0n) is 46.3. The van der Waals surface area contributed by atoms with Crippen molar-refractivity contribution in [1.82, 2.24) is 9.97 Å².